The van der Waals surface area contributed by atoms with Gasteiger partial charge in [-0.2, -0.15) is 0 Å². The molecule has 0 unspecified atom stereocenters. The Kier molecular flexibility index (Phi) is 8.69. The third-order valence-electron chi connectivity index (χ3n) is 6.95. The van der Waals surface area contributed by atoms with E-state index in [1.54, 1.807) is 0 Å². The van der Waals surface area contributed by atoms with Crippen LogP contribution in [0, 0.1) is 0 Å². The molecule has 3 aromatic carbocycles. The highest BCUT2D eigenvalue weighted by atomic mass is 16.5. The Labute approximate surface area is 238 Å². The number of carbonyl (C=O) groups excluding carboxylic acids is 4. The number of imide groups is 2. The fraction of sp³-hybridized carbons (Fsp3) is 0.212. The van der Waals surface area contributed by atoms with E-state index >= 15 is 0 Å². The molecule has 208 valence electrons. The number of hydrogen-bond acceptors (Lipinski definition) is 6. The van der Waals surface area contributed by atoms with Crippen molar-refractivity contribution in [1.29, 1.82) is 0 Å². The first-order valence-electron chi connectivity index (χ1n) is 13.6. The van der Waals surface area contributed by atoms with Gasteiger partial charge in [0.2, 0.25) is 0 Å². The molecule has 2 aliphatic heterocycles. The van der Waals surface area contributed by atoms with E-state index < -0.39 is 0 Å². The van der Waals surface area contributed by atoms with Crippen LogP contribution in [0.5, 0.6) is 11.5 Å². The summed E-state index contributed by atoms with van der Waals surface area (Å²) in [6.45, 7) is 1.44. The molecule has 0 aliphatic carbocycles. The lowest BCUT2D eigenvalue weighted by atomic mass is 9.85. The second-order valence-corrected chi connectivity index (χ2v) is 9.71. The maximum absolute atomic E-state index is 11.7. The van der Waals surface area contributed by atoms with E-state index in [2.05, 4.69) is 12.1 Å². The van der Waals surface area contributed by atoms with Crippen molar-refractivity contribution in [2.24, 2.45) is 0 Å². The normalized spacial score (nSPS) is 14.6. The summed E-state index contributed by atoms with van der Waals surface area (Å²) in [6, 6.07) is 26.2. The van der Waals surface area contributed by atoms with Gasteiger partial charge in [0.05, 0.1) is 13.2 Å². The molecule has 0 atom stereocenters. The van der Waals surface area contributed by atoms with E-state index in [0.29, 0.717) is 39.1 Å². The topological polar surface area (TPSA) is 93.2 Å². The number of amides is 4. The first-order chi connectivity index (χ1) is 20.0. The summed E-state index contributed by atoms with van der Waals surface area (Å²) < 4.78 is 11.7. The second-order valence-electron chi connectivity index (χ2n) is 9.71. The summed E-state index contributed by atoms with van der Waals surface area (Å²) >= 11 is 0. The zero-order chi connectivity index (χ0) is 28.6. The summed E-state index contributed by atoms with van der Waals surface area (Å²) in [5.41, 5.74) is 3.35. The smallest absolute Gasteiger partial charge is 0.253 e. The monoisotopic (exact) mass is 550 g/mol. The van der Waals surface area contributed by atoms with E-state index in [-0.39, 0.29) is 29.5 Å². The molecule has 3 aromatic rings. The van der Waals surface area contributed by atoms with Crippen molar-refractivity contribution in [3.8, 4) is 11.5 Å². The van der Waals surface area contributed by atoms with Gasteiger partial charge in [-0.3, -0.25) is 29.0 Å². The summed E-state index contributed by atoms with van der Waals surface area (Å²) in [4.78, 5) is 49.1. The average molecular weight is 551 g/mol. The summed E-state index contributed by atoms with van der Waals surface area (Å²) in [5, 5.41) is 0. The number of ether oxygens (including phenoxy) is 2. The highest BCUT2D eigenvalue weighted by Gasteiger charge is 2.23. The van der Waals surface area contributed by atoms with Crippen molar-refractivity contribution in [3.63, 3.8) is 0 Å². The molecular weight excluding hydrogens is 520 g/mol. The van der Waals surface area contributed by atoms with Crippen LogP contribution < -0.4 is 9.47 Å². The van der Waals surface area contributed by atoms with E-state index in [1.165, 1.54) is 34.1 Å². The number of nitrogens with zero attached hydrogens (tertiary/aromatic N) is 2. The molecular formula is C33H30N2O6. The van der Waals surface area contributed by atoms with E-state index in [9.17, 15) is 19.2 Å². The Morgan fingerprint density at radius 3 is 1.24 bits per heavy atom. The fourth-order valence-corrected chi connectivity index (χ4v) is 4.86. The van der Waals surface area contributed by atoms with Crippen molar-refractivity contribution < 1.29 is 28.7 Å². The summed E-state index contributed by atoms with van der Waals surface area (Å²) in [6.07, 6.45) is 6.24. The van der Waals surface area contributed by atoms with E-state index in [4.69, 9.17) is 9.47 Å². The standard InChI is InChI=1S/C33H30N2O6/c36-29-16-17-30(37)34(29)20-4-22-40-27-12-8-25(9-13-27)33(24-6-2-1-3-7-24)26-10-14-28(15-11-26)41-23-5-21-35-31(38)18-19-32(35)39/h1-3,6-19,33H,4-5,20-23H2. The van der Waals surface area contributed by atoms with Gasteiger partial charge >= 0.3 is 0 Å². The lowest BCUT2D eigenvalue weighted by Crippen LogP contribution is -2.31. The fourth-order valence-electron chi connectivity index (χ4n) is 4.86. The first-order valence-corrected chi connectivity index (χ1v) is 13.6. The van der Waals surface area contributed by atoms with Crippen LogP contribution in [0.2, 0.25) is 0 Å². The third-order valence-corrected chi connectivity index (χ3v) is 6.95. The van der Waals surface area contributed by atoms with Crippen LogP contribution in [0.1, 0.15) is 35.4 Å². The Balaban J connectivity index is 1.18. The number of rotatable bonds is 13. The van der Waals surface area contributed by atoms with E-state index in [0.717, 1.165) is 28.2 Å². The molecule has 8 heteroatoms. The van der Waals surface area contributed by atoms with Crippen LogP contribution >= 0.6 is 0 Å². The molecule has 0 fully saturated rings. The average Bonchev–Trinajstić information content (AvgIpc) is 3.49. The SMILES string of the molecule is O=C1C=CC(=O)N1CCCOc1ccc(C(c2ccccc2)c2ccc(OCCCN3C(=O)C=CC3=O)cc2)cc1. The minimum absolute atomic E-state index is 0.00122. The second kappa shape index (κ2) is 12.9. The van der Waals surface area contributed by atoms with Crippen LogP contribution in [0.15, 0.2) is 103 Å². The minimum Gasteiger partial charge on any atom is -0.494 e. The molecule has 0 radical (unpaired) electrons. The molecule has 0 saturated carbocycles. The largest absolute Gasteiger partial charge is 0.494 e. The molecule has 8 nitrogen and oxygen atoms in total. The van der Waals surface area contributed by atoms with Crippen LogP contribution in [0.3, 0.4) is 0 Å². The van der Waals surface area contributed by atoms with Crippen LogP contribution in [-0.2, 0) is 19.2 Å². The van der Waals surface area contributed by atoms with Gasteiger partial charge in [-0.25, -0.2) is 0 Å². The van der Waals surface area contributed by atoms with Crippen molar-refractivity contribution in [2.75, 3.05) is 26.3 Å². The molecule has 5 rings (SSSR count). The molecule has 0 N–H and O–H groups in total. The lowest BCUT2D eigenvalue weighted by molar-refractivity contribution is -0.138. The highest BCUT2D eigenvalue weighted by molar-refractivity contribution is 6.13. The number of benzene rings is 3. The first kappa shape index (κ1) is 27.6. The molecule has 41 heavy (non-hydrogen) atoms. The summed E-state index contributed by atoms with van der Waals surface area (Å²) in [7, 11) is 0. The molecule has 2 aliphatic rings. The zero-order valence-electron chi connectivity index (χ0n) is 22.5. The van der Waals surface area contributed by atoms with Gasteiger partial charge < -0.3 is 9.47 Å². The quantitative estimate of drug-likeness (QED) is 0.179. The van der Waals surface area contributed by atoms with Gasteiger partial charge in [-0.05, 0) is 53.8 Å². The minimum atomic E-state index is -0.281. The third kappa shape index (κ3) is 6.78. The van der Waals surface area contributed by atoms with Crippen LogP contribution in [-0.4, -0.2) is 59.7 Å². The maximum atomic E-state index is 11.7. The van der Waals surface area contributed by atoms with Crippen molar-refractivity contribution >= 4 is 23.6 Å². The van der Waals surface area contributed by atoms with Crippen LogP contribution in [0.4, 0.5) is 0 Å². The molecule has 4 amide bonds. The van der Waals surface area contributed by atoms with Gasteiger partial charge in [0.25, 0.3) is 23.6 Å². The van der Waals surface area contributed by atoms with Gasteiger partial charge in [0, 0.05) is 43.3 Å². The molecule has 0 saturated heterocycles. The van der Waals surface area contributed by atoms with Gasteiger partial charge in [-0.15, -0.1) is 0 Å². The molecule has 0 bridgehead atoms. The molecule has 0 spiro atoms. The molecule has 0 aromatic heterocycles. The lowest BCUT2D eigenvalue weighted by Gasteiger charge is -2.20. The van der Waals surface area contributed by atoms with Crippen molar-refractivity contribution in [1.82, 2.24) is 9.80 Å². The van der Waals surface area contributed by atoms with Crippen molar-refractivity contribution in [3.05, 3.63) is 120 Å². The van der Waals surface area contributed by atoms with Gasteiger partial charge in [0.1, 0.15) is 11.5 Å². The Morgan fingerprint density at radius 1 is 0.488 bits per heavy atom. The Morgan fingerprint density at radius 2 is 0.854 bits per heavy atom. The highest BCUT2D eigenvalue weighted by Crippen LogP contribution is 2.33. The molecule has 2 heterocycles. The van der Waals surface area contributed by atoms with E-state index in [1.807, 2.05) is 66.7 Å². The van der Waals surface area contributed by atoms with Gasteiger partial charge in [0.15, 0.2) is 0 Å². The van der Waals surface area contributed by atoms with Crippen LogP contribution in [0.25, 0.3) is 0 Å². The van der Waals surface area contributed by atoms with Crippen molar-refractivity contribution in [2.45, 2.75) is 18.8 Å². The predicted molar refractivity (Wildman–Crippen MR) is 152 cm³/mol. The zero-order valence-corrected chi connectivity index (χ0v) is 22.5. The number of carbonyl (C=O) groups is 4. The predicted octanol–water partition coefficient (Wildman–Crippen LogP) is 4.25. The maximum Gasteiger partial charge on any atom is 0.253 e. The van der Waals surface area contributed by atoms with Gasteiger partial charge in [-0.1, -0.05) is 54.6 Å². The summed E-state index contributed by atoms with van der Waals surface area (Å²) in [5.74, 6) is 0.309. The Bertz CT molecular complexity index is 1330. The Hall–Kier alpha value is -4.98. The number of hydrogen-bond donors (Lipinski definition) is 0.